The average molecular weight is 247 g/mol. The van der Waals surface area contributed by atoms with E-state index in [0.29, 0.717) is 17.8 Å². The zero-order valence-electron chi connectivity index (χ0n) is 9.34. The molecule has 1 aromatic rings. The maximum Gasteiger partial charge on any atom is 0.147 e. The third-order valence-corrected chi connectivity index (χ3v) is 3.35. The van der Waals surface area contributed by atoms with Crippen LogP contribution in [0.25, 0.3) is 0 Å². The second-order valence-electron chi connectivity index (χ2n) is 3.75. The van der Waals surface area contributed by atoms with Crippen LogP contribution in [0, 0.1) is 0 Å². The van der Waals surface area contributed by atoms with E-state index in [2.05, 4.69) is 10.5 Å². The Labute approximate surface area is 94.7 Å². The zero-order chi connectivity index (χ0) is 12.3. The van der Waals surface area contributed by atoms with Gasteiger partial charge in [0.05, 0.1) is 18.0 Å². The Morgan fingerprint density at radius 1 is 1.62 bits per heavy atom. The molecule has 0 aliphatic carbocycles. The van der Waals surface area contributed by atoms with E-state index in [1.807, 2.05) is 0 Å². The van der Waals surface area contributed by atoms with Crippen molar-refractivity contribution in [1.82, 2.24) is 15.2 Å². The summed E-state index contributed by atoms with van der Waals surface area (Å²) in [5.41, 5.74) is 9.04. The Kier molecular flexibility index (Phi) is 3.89. The van der Waals surface area contributed by atoms with Crippen LogP contribution in [0.15, 0.2) is 6.20 Å². The van der Waals surface area contributed by atoms with Crippen molar-refractivity contribution in [2.24, 2.45) is 12.9 Å². The third kappa shape index (κ3) is 3.19. The van der Waals surface area contributed by atoms with Gasteiger partial charge in [-0.2, -0.15) is 5.10 Å². The number of nitrogens with zero attached hydrogens (tertiary/aromatic N) is 2. The molecule has 0 fully saturated rings. The highest BCUT2D eigenvalue weighted by Crippen LogP contribution is 2.21. The molecule has 0 saturated heterocycles. The number of sulfone groups is 1. The van der Waals surface area contributed by atoms with Crippen molar-refractivity contribution < 1.29 is 8.42 Å². The highest BCUT2D eigenvalue weighted by atomic mass is 32.2. The molecule has 1 unspecified atom stereocenters. The predicted molar refractivity (Wildman–Crippen MR) is 62.0 cm³/mol. The van der Waals surface area contributed by atoms with Crippen LogP contribution in [0.1, 0.15) is 18.0 Å². The molecule has 0 radical (unpaired) electrons. The summed E-state index contributed by atoms with van der Waals surface area (Å²) in [5, 5.41) is 3.98. The Morgan fingerprint density at radius 3 is 2.62 bits per heavy atom. The Morgan fingerprint density at radius 2 is 2.25 bits per heavy atom. The van der Waals surface area contributed by atoms with E-state index < -0.39 is 9.84 Å². The van der Waals surface area contributed by atoms with Gasteiger partial charge in [0, 0.05) is 18.9 Å². The van der Waals surface area contributed by atoms with Gasteiger partial charge in [-0.05, 0) is 6.42 Å². The fourth-order valence-electron chi connectivity index (χ4n) is 1.39. The maximum absolute atomic E-state index is 11.1. The molecule has 1 heterocycles. The van der Waals surface area contributed by atoms with Gasteiger partial charge >= 0.3 is 0 Å². The van der Waals surface area contributed by atoms with E-state index in [1.54, 1.807) is 13.2 Å². The minimum absolute atomic E-state index is 0.0518. The zero-order valence-corrected chi connectivity index (χ0v) is 10.2. The standard InChI is InChI=1S/C8H17N5O2S/c1-13-8(9)6(5-11-13)7(12-10)3-4-16(2,14)15/h5,7,12H,3-4,9-10H2,1-2H3. The van der Waals surface area contributed by atoms with Crippen molar-refractivity contribution in [3.05, 3.63) is 11.8 Å². The topological polar surface area (TPSA) is 116 Å². The van der Waals surface area contributed by atoms with Gasteiger partial charge in [0.2, 0.25) is 0 Å². The lowest BCUT2D eigenvalue weighted by Gasteiger charge is -2.14. The molecule has 0 aliphatic rings. The van der Waals surface area contributed by atoms with Crippen LogP contribution in [-0.4, -0.2) is 30.2 Å². The summed E-state index contributed by atoms with van der Waals surface area (Å²) in [5.74, 6) is 5.91. The Bertz CT molecular complexity index is 453. The van der Waals surface area contributed by atoms with E-state index in [-0.39, 0.29) is 11.8 Å². The smallest absolute Gasteiger partial charge is 0.147 e. The van der Waals surface area contributed by atoms with Gasteiger partial charge < -0.3 is 5.73 Å². The number of aryl methyl sites for hydroxylation is 1. The minimum Gasteiger partial charge on any atom is -0.384 e. The number of hydrazine groups is 1. The van der Waals surface area contributed by atoms with E-state index in [1.165, 1.54) is 10.9 Å². The first kappa shape index (κ1) is 12.9. The van der Waals surface area contributed by atoms with E-state index in [9.17, 15) is 8.42 Å². The summed E-state index contributed by atoms with van der Waals surface area (Å²) < 4.78 is 23.6. The van der Waals surface area contributed by atoms with Gasteiger partial charge in [-0.1, -0.05) is 0 Å². The van der Waals surface area contributed by atoms with Gasteiger partial charge in [-0.3, -0.25) is 16.0 Å². The first-order valence-corrected chi connectivity index (χ1v) is 6.82. The molecule has 5 N–H and O–H groups in total. The van der Waals surface area contributed by atoms with Crippen LogP contribution in [-0.2, 0) is 16.9 Å². The van der Waals surface area contributed by atoms with Gasteiger partial charge in [0.15, 0.2) is 0 Å². The molecule has 0 amide bonds. The SMILES string of the molecule is Cn1ncc(C(CCS(C)(=O)=O)NN)c1N. The molecule has 1 rings (SSSR count). The molecule has 7 nitrogen and oxygen atoms in total. The molecule has 0 aromatic carbocycles. The molecule has 1 aromatic heterocycles. The number of rotatable bonds is 5. The van der Waals surface area contributed by atoms with Crippen molar-refractivity contribution in [1.29, 1.82) is 0 Å². The van der Waals surface area contributed by atoms with E-state index in [4.69, 9.17) is 11.6 Å². The normalized spacial score (nSPS) is 13.9. The molecule has 0 spiro atoms. The Balaban J connectivity index is 2.79. The number of nitrogens with two attached hydrogens (primary N) is 2. The minimum atomic E-state index is -3.01. The highest BCUT2D eigenvalue weighted by Gasteiger charge is 2.17. The maximum atomic E-state index is 11.1. The quantitative estimate of drug-likeness (QED) is 0.451. The summed E-state index contributed by atoms with van der Waals surface area (Å²) in [6.45, 7) is 0. The molecule has 0 saturated carbocycles. The first-order valence-electron chi connectivity index (χ1n) is 4.76. The van der Waals surface area contributed by atoms with Crippen LogP contribution >= 0.6 is 0 Å². The number of hydrogen-bond acceptors (Lipinski definition) is 6. The monoisotopic (exact) mass is 247 g/mol. The second kappa shape index (κ2) is 4.81. The van der Waals surface area contributed by atoms with Crippen LogP contribution in [0.4, 0.5) is 5.82 Å². The summed E-state index contributed by atoms with van der Waals surface area (Å²) in [4.78, 5) is 0. The highest BCUT2D eigenvalue weighted by molar-refractivity contribution is 7.90. The lowest BCUT2D eigenvalue weighted by atomic mass is 10.1. The molecular formula is C8H17N5O2S. The first-order chi connectivity index (χ1) is 7.35. The largest absolute Gasteiger partial charge is 0.384 e. The average Bonchev–Trinajstić information content (AvgIpc) is 2.49. The molecule has 0 bridgehead atoms. The fourth-order valence-corrected chi connectivity index (χ4v) is 2.06. The van der Waals surface area contributed by atoms with Gasteiger partial charge in [0.25, 0.3) is 0 Å². The van der Waals surface area contributed by atoms with Gasteiger partial charge in [0.1, 0.15) is 15.7 Å². The number of hydrogen-bond donors (Lipinski definition) is 3. The third-order valence-electron chi connectivity index (χ3n) is 2.37. The van der Waals surface area contributed by atoms with Gasteiger partial charge in [-0.25, -0.2) is 8.42 Å². The lowest BCUT2D eigenvalue weighted by Crippen LogP contribution is -2.30. The summed E-state index contributed by atoms with van der Waals surface area (Å²) in [7, 11) is -1.30. The number of aromatic nitrogens is 2. The summed E-state index contributed by atoms with van der Waals surface area (Å²) >= 11 is 0. The molecule has 16 heavy (non-hydrogen) atoms. The van der Waals surface area contributed by atoms with Crippen molar-refractivity contribution in [3.63, 3.8) is 0 Å². The second-order valence-corrected chi connectivity index (χ2v) is 6.01. The molecule has 1 atom stereocenters. The number of anilines is 1. The predicted octanol–water partition coefficient (Wildman–Crippen LogP) is -1.06. The summed E-state index contributed by atoms with van der Waals surface area (Å²) in [6.07, 6.45) is 3.14. The van der Waals surface area contributed by atoms with Crippen molar-refractivity contribution >= 4 is 15.7 Å². The summed E-state index contributed by atoms with van der Waals surface area (Å²) in [6, 6.07) is -0.302. The van der Waals surface area contributed by atoms with Crippen molar-refractivity contribution in [3.8, 4) is 0 Å². The number of nitrogens with one attached hydrogen (secondary N) is 1. The lowest BCUT2D eigenvalue weighted by molar-refractivity contribution is 0.532. The fraction of sp³-hybridized carbons (Fsp3) is 0.625. The molecule has 92 valence electrons. The Hall–Kier alpha value is -1.12. The van der Waals surface area contributed by atoms with Crippen molar-refractivity contribution in [2.75, 3.05) is 17.7 Å². The van der Waals surface area contributed by atoms with E-state index >= 15 is 0 Å². The van der Waals surface area contributed by atoms with Crippen LogP contribution in [0.3, 0.4) is 0 Å². The molecule has 8 heteroatoms. The van der Waals surface area contributed by atoms with Crippen molar-refractivity contribution in [2.45, 2.75) is 12.5 Å². The number of nitrogen functional groups attached to an aromatic ring is 1. The van der Waals surface area contributed by atoms with E-state index in [0.717, 1.165) is 0 Å². The molecule has 0 aliphatic heterocycles. The molecular weight excluding hydrogens is 230 g/mol. The van der Waals surface area contributed by atoms with Crippen LogP contribution in [0.5, 0.6) is 0 Å². The van der Waals surface area contributed by atoms with Crippen LogP contribution < -0.4 is 17.0 Å². The van der Waals surface area contributed by atoms with Gasteiger partial charge in [-0.15, -0.1) is 0 Å². The van der Waals surface area contributed by atoms with Crippen LogP contribution in [0.2, 0.25) is 0 Å².